The predicted molar refractivity (Wildman–Crippen MR) is 47.4 cm³/mol. The number of hydrogen-bond acceptors (Lipinski definition) is 2. The van der Waals surface area contributed by atoms with Crippen LogP contribution in [-0.2, 0) is 4.79 Å². The third-order valence-corrected chi connectivity index (χ3v) is 1.77. The molecule has 70 valence electrons. The van der Waals surface area contributed by atoms with Gasteiger partial charge in [-0.05, 0) is 30.7 Å². The van der Waals surface area contributed by atoms with Crippen molar-refractivity contribution >= 4 is 16.8 Å². The second-order valence-electron chi connectivity index (χ2n) is 2.49. The molecule has 0 fully saturated rings. The van der Waals surface area contributed by atoms with Gasteiger partial charge in [-0.15, -0.1) is 0 Å². The van der Waals surface area contributed by atoms with Crippen molar-refractivity contribution < 1.29 is 13.9 Å². The lowest BCUT2D eigenvalue weighted by atomic mass is 10.3. The lowest BCUT2D eigenvalue weighted by molar-refractivity contribution is -0.117. The first-order valence-electron chi connectivity index (χ1n) is 3.72. The number of halogens is 2. The van der Waals surface area contributed by atoms with Crippen LogP contribution in [0.15, 0.2) is 24.3 Å². The van der Waals surface area contributed by atoms with Gasteiger partial charge >= 0.3 is 0 Å². The van der Waals surface area contributed by atoms with Crippen LogP contribution in [0.4, 0.5) is 4.39 Å². The number of para-hydroxylation sites is 1. The molecule has 0 aliphatic heterocycles. The van der Waals surface area contributed by atoms with Crippen LogP contribution >= 0.6 is 11.6 Å². The van der Waals surface area contributed by atoms with Crippen molar-refractivity contribution in [3.8, 4) is 5.75 Å². The summed E-state index contributed by atoms with van der Waals surface area (Å²) in [5.41, 5.74) is 0. The van der Waals surface area contributed by atoms with Gasteiger partial charge in [0.15, 0.2) is 17.7 Å². The molecule has 13 heavy (non-hydrogen) atoms. The van der Waals surface area contributed by atoms with Gasteiger partial charge in [0, 0.05) is 0 Å². The Morgan fingerprint density at radius 2 is 2.15 bits per heavy atom. The van der Waals surface area contributed by atoms with E-state index in [1.807, 2.05) is 0 Å². The largest absolute Gasteiger partial charge is 0.479 e. The number of carbonyl (C=O) groups excluding carboxylic acids is 1. The van der Waals surface area contributed by atoms with Crippen molar-refractivity contribution in [2.24, 2.45) is 0 Å². The standard InChI is InChI=1S/C9H8ClFO2/c1-6(9(10)12)13-8-5-3-2-4-7(8)11/h2-6H,1H3. The molecule has 1 unspecified atom stereocenters. The highest BCUT2D eigenvalue weighted by Crippen LogP contribution is 2.17. The Morgan fingerprint density at radius 1 is 1.54 bits per heavy atom. The second kappa shape index (κ2) is 4.23. The quantitative estimate of drug-likeness (QED) is 0.704. The van der Waals surface area contributed by atoms with Gasteiger partial charge in [0.1, 0.15) is 0 Å². The van der Waals surface area contributed by atoms with Crippen LogP contribution in [0, 0.1) is 5.82 Å². The van der Waals surface area contributed by atoms with E-state index in [2.05, 4.69) is 0 Å². The lowest BCUT2D eigenvalue weighted by Crippen LogP contribution is -2.19. The Labute approximate surface area is 80.3 Å². The molecule has 0 aliphatic carbocycles. The van der Waals surface area contributed by atoms with Crippen LogP contribution in [0.3, 0.4) is 0 Å². The third-order valence-electron chi connectivity index (χ3n) is 1.46. The van der Waals surface area contributed by atoms with Crippen molar-refractivity contribution in [2.75, 3.05) is 0 Å². The van der Waals surface area contributed by atoms with Crippen LogP contribution < -0.4 is 4.74 Å². The summed E-state index contributed by atoms with van der Waals surface area (Å²) < 4.78 is 17.9. The highest BCUT2D eigenvalue weighted by molar-refractivity contribution is 6.64. The molecule has 0 saturated heterocycles. The minimum Gasteiger partial charge on any atom is -0.479 e. The van der Waals surface area contributed by atoms with Gasteiger partial charge in [0.2, 0.25) is 0 Å². The van der Waals surface area contributed by atoms with Gasteiger partial charge in [0.25, 0.3) is 5.24 Å². The molecule has 0 heterocycles. The van der Waals surface area contributed by atoms with Crippen LogP contribution in [-0.4, -0.2) is 11.3 Å². The molecule has 0 radical (unpaired) electrons. The van der Waals surface area contributed by atoms with E-state index in [0.29, 0.717) is 0 Å². The number of carbonyl (C=O) groups is 1. The van der Waals surface area contributed by atoms with Gasteiger partial charge in [0.05, 0.1) is 0 Å². The summed E-state index contributed by atoms with van der Waals surface area (Å²) in [5.74, 6) is -0.476. The molecule has 0 aliphatic rings. The number of rotatable bonds is 3. The lowest BCUT2D eigenvalue weighted by Gasteiger charge is -2.10. The fourth-order valence-corrected chi connectivity index (χ4v) is 0.822. The molecule has 1 aromatic carbocycles. The Morgan fingerprint density at radius 3 is 2.69 bits per heavy atom. The first-order valence-corrected chi connectivity index (χ1v) is 4.09. The van der Waals surface area contributed by atoms with Crippen molar-refractivity contribution in [1.82, 2.24) is 0 Å². The maximum Gasteiger partial charge on any atom is 0.262 e. The second-order valence-corrected chi connectivity index (χ2v) is 2.87. The summed E-state index contributed by atoms with van der Waals surface area (Å²) >= 11 is 5.14. The highest BCUT2D eigenvalue weighted by Gasteiger charge is 2.13. The predicted octanol–water partition coefficient (Wildman–Crippen LogP) is 2.36. The molecule has 0 spiro atoms. The average Bonchev–Trinajstić information content (AvgIpc) is 2.08. The zero-order valence-corrected chi connectivity index (χ0v) is 7.72. The molecule has 1 atom stereocenters. The topological polar surface area (TPSA) is 26.3 Å². The first kappa shape index (κ1) is 9.99. The Bertz CT molecular complexity index is 314. The maximum atomic E-state index is 12.9. The molecular weight excluding hydrogens is 195 g/mol. The molecule has 0 bridgehead atoms. The van der Waals surface area contributed by atoms with Crippen LogP contribution in [0.5, 0.6) is 5.75 Å². The highest BCUT2D eigenvalue weighted by atomic mass is 35.5. The molecule has 1 aromatic rings. The first-order chi connectivity index (χ1) is 6.11. The average molecular weight is 203 g/mol. The van der Waals surface area contributed by atoms with E-state index >= 15 is 0 Å². The van der Waals surface area contributed by atoms with E-state index in [1.54, 1.807) is 6.07 Å². The summed E-state index contributed by atoms with van der Waals surface area (Å²) in [6, 6.07) is 5.84. The van der Waals surface area contributed by atoms with E-state index in [4.69, 9.17) is 16.3 Å². The van der Waals surface area contributed by atoms with E-state index in [1.165, 1.54) is 25.1 Å². The number of hydrogen-bond donors (Lipinski definition) is 0. The van der Waals surface area contributed by atoms with E-state index in [0.717, 1.165) is 0 Å². The van der Waals surface area contributed by atoms with Crippen molar-refractivity contribution in [2.45, 2.75) is 13.0 Å². The van der Waals surface area contributed by atoms with Gasteiger partial charge in [-0.1, -0.05) is 12.1 Å². The van der Waals surface area contributed by atoms with Crippen LogP contribution in [0.1, 0.15) is 6.92 Å². The van der Waals surface area contributed by atoms with Gasteiger partial charge in [-0.25, -0.2) is 4.39 Å². The fourth-order valence-electron chi connectivity index (χ4n) is 0.777. The van der Waals surface area contributed by atoms with Crippen molar-refractivity contribution in [3.63, 3.8) is 0 Å². The molecule has 0 amide bonds. The molecule has 0 saturated carbocycles. The maximum absolute atomic E-state index is 12.9. The molecule has 1 rings (SSSR count). The van der Waals surface area contributed by atoms with Gasteiger partial charge in [-0.2, -0.15) is 0 Å². The van der Waals surface area contributed by atoms with E-state index < -0.39 is 17.2 Å². The summed E-state index contributed by atoms with van der Waals surface area (Å²) in [4.78, 5) is 10.6. The van der Waals surface area contributed by atoms with E-state index in [-0.39, 0.29) is 5.75 Å². The summed E-state index contributed by atoms with van der Waals surface area (Å²) in [6.45, 7) is 1.46. The monoisotopic (exact) mass is 202 g/mol. The zero-order chi connectivity index (χ0) is 9.84. The molecule has 4 heteroatoms. The SMILES string of the molecule is CC(Oc1ccccc1F)C(=O)Cl. The molecule has 0 N–H and O–H groups in total. The van der Waals surface area contributed by atoms with Crippen molar-refractivity contribution in [1.29, 1.82) is 0 Å². The summed E-state index contributed by atoms with van der Waals surface area (Å²) in [6.07, 6.45) is -0.835. The van der Waals surface area contributed by atoms with Gasteiger partial charge < -0.3 is 4.74 Å². The fraction of sp³-hybridized carbons (Fsp3) is 0.222. The third kappa shape index (κ3) is 2.70. The molecule has 0 aromatic heterocycles. The smallest absolute Gasteiger partial charge is 0.262 e. The van der Waals surface area contributed by atoms with Crippen LogP contribution in [0.25, 0.3) is 0 Å². The summed E-state index contributed by atoms with van der Waals surface area (Å²) in [7, 11) is 0. The van der Waals surface area contributed by atoms with Crippen molar-refractivity contribution in [3.05, 3.63) is 30.1 Å². The number of benzene rings is 1. The molecule has 2 nitrogen and oxygen atoms in total. The number of ether oxygens (including phenoxy) is 1. The van der Waals surface area contributed by atoms with Gasteiger partial charge in [-0.3, -0.25) is 4.79 Å². The Hall–Kier alpha value is -1.09. The van der Waals surface area contributed by atoms with E-state index in [9.17, 15) is 9.18 Å². The minimum atomic E-state index is -0.835. The Kier molecular flexibility index (Phi) is 3.25. The summed E-state index contributed by atoms with van der Waals surface area (Å²) in [5, 5.41) is -0.650. The normalized spacial score (nSPS) is 12.2. The minimum absolute atomic E-state index is 0.0315. The Balaban J connectivity index is 2.74. The van der Waals surface area contributed by atoms with Crippen LogP contribution in [0.2, 0.25) is 0 Å². The zero-order valence-electron chi connectivity index (χ0n) is 6.96. The molecular formula is C9H8ClFO2.